The Hall–Kier alpha value is -2.08. The summed E-state index contributed by atoms with van der Waals surface area (Å²) in [6, 6.07) is 4.30. The predicted octanol–water partition coefficient (Wildman–Crippen LogP) is 0.999. The fourth-order valence-corrected chi connectivity index (χ4v) is 2.75. The van der Waals surface area contributed by atoms with E-state index in [1.165, 1.54) is 18.2 Å². The second kappa shape index (κ2) is 3.48. The molecule has 1 fully saturated rings. The molecule has 0 bridgehead atoms. The lowest BCUT2D eigenvalue weighted by Gasteiger charge is -2.51. The highest BCUT2D eigenvalue weighted by atomic mass is 16.5. The van der Waals surface area contributed by atoms with E-state index in [4.69, 9.17) is 9.84 Å². The number of anilines is 1. The van der Waals surface area contributed by atoms with E-state index in [-0.39, 0.29) is 24.3 Å². The van der Waals surface area contributed by atoms with Gasteiger partial charge in [-0.15, -0.1) is 0 Å². The Bertz CT molecular complexity index is 585. The van der Waals surface area contributed by atoms with Crippen molar-refractivity contribution in [1.82, 2.24) is 0 Å². The Morgan fingerprint density at radius 1 is 1.42 bits per heavy atom. The summed E-state index contributed by atoms with van der Waals surface area (Å²) in [5, 5.41) is 21.3. The molecule has 0 atom stereocenters. The monoisotopic (exact) mass is 263 g/mol. The Morgan fingerprint density at radius 2 is 2.11 bits per heavy atom. The Kier molecular flexibility index (Phi) is 2.19. The second-order valence-electron chi connectivity index (χ2n) is 5.42. The van der Waals surface area contributed by atoms with Crippen LogP contribution in [-0.4, -0.2) is 33.3 Å². The number of aromatic carboxylic acids is 1. The molecule has 3 N–H and O–H groups in total. The van der Waals surface area contributed by atoms with Crippen molar-refractivity contribution in [2.45, 2.75) is 31.0 Å². The predicted molar refractivity (Wildman–Crippen MR) is 65.2 cm³/mol. The lowest BCUT2D eigenvalue weighted by atomic mass is 9.67. The second-order valence-corrected chi connectivity index (χ2v) is 5.42. The van der Waals surface area contributed by atoms with E-state index in [0.717, 1.165) is 0 Å². The third-order valence-corrected chi connectivity index (χ3v) is 3.53. The topological polar surface area (TPSA) is 95.9 Å². The third kappa shape index (κ3) is 1.76. The minimum absolute atomic E-state index is 0.0826. The molecule has 1 amide bonds. The van der Waals surface area contributed by atoms with Crippen molar-refractivity contribution in [2.24, 2.45) is 0 Å². The molecule has 19 heavy (non-hydrogen) atoms. The summed E-state index contributed by atoms with van der Waals surface area (Å²) in [5.41, 5.74) is -1.49. The highest BCUT2D eigenvalue weighted by Crippen LogP contribution is 2.48. The number of hydrogen-bond donors (Lipinski definition) is 3. The first-order valence-corrected chi connectivity index (χ1v) is 5.92. The molecule has 3 rings (SSSR count). The highest BCUT2D eigenvalue weighted by Gasteiger charge is 2.60. The fourth-order valence-electron chi connectivity index (χ4n) is 2.75. The van der Waals surface area contributed by atoms with E-state index >= 15 is 0 Å². The first-order valence-electron chi connectivity index (χ1n) is 5.92. The van der Waals surface area contributed by atoms with Crippen molar-refractivity contribution in [2.75, 3.05) is 5.32 Å². The van der Waals surface area contributed by atoms with Crippen LogP contribution in [-0.2, 0) is 4.79 Å². The normalized spacial score (nSPS) is 32.0. The molecule has 1 aromatic rings. The van der Waals surface area contributed by atoms with Crippen LogP contribution in [0.2, 0.25) is 0 Å². The van der Waals surface area contributed by atoms with E-state index in [1.807, 2.05) is 0 Å². The van der Waals surface area contributed by atoms with Gasteiger partial charge in [-0.3, -0.25) is 4.79 Å². The zero-order valence-electron chi connectivity index (χ0n) is 10.3. The number of carbonyl (C=O) groups excluding carboxylic acids is 1. The summed E-state index contributed by atoms with van der Waals surface area (Å²) in [4.78, 5) is 22.9. The van der Waals surface area contributed by atoms with Gasteiger partial charge in [0.2, 0.25) is 0 Å². The Morgan fingerprint density at radius 3 is 2.68 bits per heavy atom. The van der Waals surface area contributed by atoms with Crippen molar-refractivity contribution < 1.29 is 24.5 Å². The molecule has 100 valence electrons. The van der Waals surface area contributed by atoms with Crippen molar-refractivity contribution >= 4 is 17.6 Å². The Balaban J connectivity index is 1.93. The summed E-state index contributed by atoms with van der Waals surface area (Å²) in [6.07, 6.45) is 0.456. The number of ether oxygens (including phenoxy) is 1. The average molecular weight is 263 g/mol. The molecule has 0 aromatic heterocycles. The highest BCUT2D eigenvalue weighted by molar-refractivity contribution is 6.03. The number of carboxylic acid groups (broad SMARTS) is 1. The minimum Gasteiger partial charge on any atom is -0.478 e. The minimum atomic E-state index is -1.07. The maximum absolute atomic E-state index is 12.0. The molecule has 0 saturated heterocycles. The van der Waals surface area contributed by atoms with Crippen LogP contribution in [0.3, 0.4) is 0 Å². The summed E-state index contributed by atoms with van der Waals surface area (Å²) in [7, 11) is 0. The number of carbonyl (C=O) groups is 2. The summed E-state index contributed by atoms with van der Waals surface area (Å²) in [6.45, 7) is 1.65. The molecule has 2 aliphatic rings. The van der Waals surface area contributed by atoms with Crippen LogP contribution in [0.5, 0.6) is 5.75 Å². The maximum Gasteiger partial charge on any atom is 0.335 e. The average Bonchev–Trinajstić information content (AvgIpc) is 2.27. The van der Waals surface area contributed by atoms with E-state index < -0.39 is 17.2 Å². The first kappa shape index (κ1) is 12.0. The van der Waals surface area contributed by atoms with Gasteiger partial charge in [0.1, 0.15) is 5.75 Å². The summed E-state index contributed by atoms with van der Waals surface area (Å²) in [5.74, 6) is -0.974. The molecule has 6 heteroatoms. The SMILES string of the molecule is CC1(O)CC2(C1)Oc1ccc(C(=O)O)cc1NC2=O. The molecule has 1 heterocycles. The van der Waals surface area contributed by atoms with Gasteiger partial charge < -0.3 is 20.3 Å². The molecule has 1 spiro atoms. The van der Waals surface area contributed by atoms with Gasteiger partial charge in [-0.1, -0.05) is 0 Å². The quantitative estimate of drug-likeness (QED) is 0.702. The van der Waals surface area contributed by atoms with Crippen LogP contribution in [0.4, 0.5) is 5.69 Å². The van der Waals surface area contributed by atoms with Crippen molar-refractivity contribution in [1.29, 1.82) is 0 Å². The number of hydrogen-bond acceptors (Lipinski definition) is 4. The van der Waals surface area contributed by atoms with E-state index in [0.29, 0.717) is 11.4 Å². The van der Waals surface area contributed by atoms with Crippen LogP contribution in [0, 0.1) is 0 Å². The molecule has 6 nitrogen and oxygen atoms in total. The maximum atomic E-state index is 12.0. The molecular formula is C13H13NO5. The molecular weight excluding hydrogens is 250 g/mol. The molecule has 1 saturated carbocycles. The zero-order valence-corrected chi connectivity index (χ0v) is 10.3. The molecule has 0 radical (unpaired) electrons. The molecule has 0 unspecified atom stereocenters. The smallest absolute Gasteiger partial charge is 0.335 e. The van der Waals surface area contributed by atoms with Crippen LogP contribution < -0.4 is 10.1 Å². The van der Waals surface area contributed by atoms with Gasteiger partial charge in [-0.05, 0) is 25.1 Å². The first-order chi connectivity index (χ1) is 8.81. The van der Waals surface area contributed by atoms with Crippen molar-refractivity contribution in [3.8, 4) is 5.75 Å². The van der Waals surface area contributed by atoms with Crippen LogP contribution in [0.15, 0.2) is 18.2 Å². The number of fused-ring (bicyclic) bond motifs is 1. The van der Waals surface area contributed by atoms with Gasteiger partial charge >= 0.3 is 5.97 Å². The largest absolute Gasteiger partial charge is 0.478 e. The van der Waals surface area contributed by atoms with E-state index in [9.17, 15) is 14.7 Å². The lowest BCUT2D eigenvalue weighted by Crippen LogP contribution is -2.65. The van der Waals surface area contributed by atoms with E-state index in [1.54, 1.807) is 6.92 Å². The van der Waals surface area contributed by atoms with Crippen molar-refractivity contribution in [3.05, 3.63) is 23.8 Å². The summed E-state index contributed by atoms with van der Waals surface area (Å²) < 4.78 is 5.67. The van der Waals surface area contributed by atoms with Gasteiger partial charge in [-0.25, -0.2) is 4.79 Å². The molecule has 1 aliphatic heterocycles. The van der Waals surface area contributed by atoms with Crippen LogP contribution >= 0.6 is 0 Å². The number of rotatable bonds is 1. The van der Waals surface area contributed by atoms with Crippen molar-refractivity contribution in [3.63, 3.8) is 0 Å². The molecule has 1 aliphatic carbocycles. The fraction of sp³-hybridized carbons (Fsp3) is 0.385. The molecule has 1 aromatic carbocycles. The van der Waals surface area contributed by atoms with Gasteiger partial charge in [-0.2, -0.15) is 0 Å². The van der Waals surface area contributed by atoms with Gasteiger partial charge in [0.05, 0.1) is 16.9 Å². The number of carboxylic acids is 1. The van der Waals surface area contributed by atoms with E-state index in [2.05, 4.69) is 5.32 Å². The lowest BCUT2D eigenvalue weighted by molar-refractivity contribution is -0.174. The summed E-state index contributed by atoms with van der Waals surface area (Å²) >= 11 is 0. The number of nitrogens with one attached hydrogen (secondary N) is 1. The Labute approximate surface area is 109 Å². The zero-order chi connectivity index (χ0) is 13.8. The number of amides is 1. The number of aliphatic hydroxyl groups is 1. The third-order valence-electron chi connectivity index (χ3n) is 3.53. The van der Waals surface area contributed by atoms with Gasteiger partial charge in [0, 0.05) is 12.8 Å². The number of benzene rings is 1. The van der Waals surface area contributed by atoms with Crippen LogP contribution in [0.25, 0.3) is 0 Å². The standard InChI is InChI=1S/C13H13NO5/c1-12(18)5-13(6-12)11(17)14-8-4-7(10(15)16)2-3-9(8)19-13/h2-4,18H,5-6H2,1H3,(H,14,17)(H,15,16). The van der Waals surface area contributed by atoms with Crippen LogP contribution in [0.1, 0.15) is 30.1 Å². The van der Waals surface area contributed by atoms with Gasteiger partial charge in [0.25, 0.3) is 5.91 Å². The van der Waals surface area contributed by atoms with Gasteiger partial charge in [0.15, 0.2) is 5.60 Å².